The number of aliphatic hydroxyl groups is 1. The maximum absolute atomic E-state index is 9.44. The number of rotatable bonds is 5. The van der Waals surface area contributed by atoms with E-state index < -0.39 is 0 Å². The third-order valence-electron chi connectivity index (χ3n) is 1.85. The van der Waals surface area contributed by atoms with Gasteiger partial charge in [0.2, 0.25) is 0 Å². The van der Waals surface area contributed by atoms with E-state index in [0.29, 0.717) is 5.92 Å². The molecule has 2 nitrogen and oxygen atoms in total. The van der Waals surface area contributed by atoms with Crippen molar-refractivity contribution in [3.8, 4) is 0 Å². The van der Waals surface area contributed by atoms with Crippen LogP contribution in [-0.2, 0) is 4.74 Å². The van der Waals surface area contributed by atoms with Crippen LogP contribution in [0.2, 0.25) is 0 Å². The monoisotopic (exact) mass is 160 g/mol. The summed E-state index contributed by atoms with van der Waals surface area (Å²) in [5, 5.41) is 9.44. The second-order valence-electron chi connectivity index (χ2n) is 3.38. The first-order valence-electron chi connectivity index (χ1n) is 4.32. The SMILES string of the molecule is CCC(O)C(CC(C)C)OC. The minimum absolute atomic E-state index is 0.0139. The van der Waals surface area contributed by atoms with Crippen LogP contribution in [0, 0.1) is 5.92 Å². The van der Waals surface area contributed by atoms with Gasteiger partial charge in [0.1, 0.15) is 0 Å². The molecule has 0 aliphatic heterocycles. The van der Waals surface area contributed by atoms with E-state index in [1.807, 2.05) is 6.92 Å². The molecule has 0 bridgehead atoms. The smallest absolute Gasteiger partial charge is 0.0832 e. The van der Waals surface area contributed by atoms with E-state index in [2.05, 4.69) is 13.8 Å². The van der Waals surface area contributed by atoms with Gasteiger partial charge in [-0.3, -0.25) is 0 Å². The van der Waals surface area contributed by atoms with E-state index in [1.54, 1.807) is 7.11 Å². The maximum atomic E-state index is 9.44. The average Bonchev–Trinajstić information content (AvgIpc) is 1.98. The fourth-order valence-electron chi connectivity index (χ4n) is 1.14. The molecule has 0 fully saturated rings. The molecule has 0 rings (SSSR count). The molecule has 0 heterocycles. The topological polar surface area (TPSA) is 29.5 Å². The van der Waals surface area contributed by atoms with Crippen molar-refractivity contribution in [2.24, 2.45) is 5.92 Å². The van der Waals surface area contributed by atoms with Crippen molar-refractivity contribution in [2.75, 3.05) is 7.11 Å². The van der Waals surface area contributed by atoms with E-state index in [0.717, 1.165) is 12.8 Å². The Morgan fingerprint density at radius 3 is 2.18 bits per heavy atom. The van der Waals surface area contributed by atoms with Crippen LogP contribution in [0.15, 0.2) is 0 Å². The van der Waals surface area contributed by atoms with Gasteiger partial charge in [-0.25, -0.2) is 0 Å². The summed E-state index contributed by atoms with van der Waals surface area (Å²) >= 11 is 0. The van der Waals surface area contributed by atoms with Gasteiger partial charge in [0.05, 0.1) is 12.2 Å². The van der Waals surface area contributed by atoms with Crippen molar-refractivity contribution in [3.63, 3.8) is 0 Å². The predicted octanol–water partition coefficient (Wildman–Crippen LogP) is 1.82. The Hall–Kier alpha value is -0.0800. The Morgan fingerprint density at radius 2 is 1.91 bits per heavy atom. The molecule has 0 spiro atoms. The largest absolute Gasteiger partial charge is 0.390 e. The molecule has 0 aromatic heterocycles. The Labute approximate surface area is 69.6 Å². The first-order chi connectivity index (χ1) is 5.11. The molecule has 2 unspecified atom stereocenters. The highest BCUT2D eigenvalue weighted by Crippen LogP contribution is 2.12. The molecule has 0 radical (unpaired) electrons. The van der Waals surface area contributed by atoms with Crippen LogP contribution in [0.4, 0.5) is 0 Å². The molecule has 1 N–H and O–H groups in total. The van der Waals surface area contributed by atoms with Gasteiger partial charge in [-0.15, -0.1) is 0 Å². The molecule has 0 amide bonds. The minimum Gasteiger partial charge on any atom is -0.390 e. The van der Waals surface area contributed by atoms with Crippen LogP contribution in [0.25, 0.3) is 0 Å². The van der Waals surface area contributed by atoms with Gasteiger partial charge >= 0.3 is 0 Å². The number of hydrogen-bond donors (Lipinski definition) is 1. The third kappa shape index (κ3) is 4.38. The van der Waals surface area contributed by atoms with E-state index in [1.165, 1.54) is 0 Å². The summed E-state index contributed by atoms with van der Waals surface area (Å²) < 4.78 is 5.16. The Morgan fingerprint density at radius 1 is 1.36 bits per heavy atom. The second-order valence-corrected chi connectivity index (χ2v) is 3.38. The molecule has 0 aromatic carbocycles. The molecule has 0 aliphatic rings. The van der Waals surface area contributed by atoms with E-state index in [4.69, 9.17) is 4.74 Å². The summed E-state index contributed by atoms with van der Waals surface area (Å²) in [4.78, 5) is 0. The summed E-state index contributed by atoms with van der Waals surface area (Å²) in [6.07, 6.45) is 1.42. The molecular weight excluding hydrogens is 140 g/mol. The van der Waals surface area contributed by atoms with E-state index in [9.17, 15) is 5.11 Å². The fourth-order valence-corrected chi connectivity index (χ4v) is 1.14. The molecule has 11 heavy (non-hydrogen) atoms. The molecule has 2 atom stereocenters. The van der Waals surface area contributed by atoms with Gasteiger partial charge in [0.25, 0.3) is 0 Å². The van der Waals surface area contributed by atoms with E-state index >= 15 is 0 Å². The Balaban J connectivity index is 3.74. The van der Waals surface area contributed by atoms with Crippen molar-refractivity contribution in [2.45, 2.75) is 45.8 Å². The first-order valence-corrected chi connectivity index (χ1v) is 4.32. The lowest BCUT2D eigenvalue weighted by Gasteiger charge is -2.21. The normalized spacial score (nSPS) is 16.9. The van der Waals surface area contributed by atoms with Crippen LogP contribution in [-0.4, -0.2) is 24.4 Å². The molecule has 0 saturated carbocycles. The third-order valence-corrected chi connectivity index (χ3v) is 1.85. The van der Waals surface area contributed by atoms with Gasteiger partial charge < -0.3 is 9.84 Å². The van der Waals surface area contributed by atoms with Crippen LogP contribution < -0.4 is 0 Å². The Bertz CT molecular complexity index is 91.6. The number of methoxy groups -OCH3 is 1. The lowest BCUT2D eigenvalue weighted by molar-refractivity contribution is -0.0238. The summed E-state index contributed by atoms with van der Waals surface area (Å²) in [5.74, 6) is 0.584. The first kappa shape index (κ1) is 10.9. The zero-order chi connectivity index (χ0) is 8.85. The van der Waals surface area contributed by atoms with E-state index in [-0.39, 0.29) is 12.2 Å². The average molecular weight is 160 g/mol. The second kappa shape index (κ2) is 5.56. The number of hydrogen-bond acceptors (Lipinski definition) is 2. The van der Waals surface area contributed by atoms with Crippen LogP contribution in [0.3, 0.4) is 0 Å². The van der Waals surface area contributed by atoms with Crippen LogP contribution >= 0.6 is 0 Å². The van der Waals surface area contributed by atoms with Crippen molar-refractivity contribution in [1.29, 1.82) is 0 Å². The molecule has 0 aliphatic carbocycles. The lowest BCUT2D eigenvalue weighted by Crippen LogP contribution is -2.28. The van der Waals surface area contributed by atoms with Crippen LogP contribution in [0.5, 0.6) is 0 Å². The highest BCUT2D eigenvalue weighted by Gasteiger charge is 2.17. The van der Waals surface area contributed by atoms with Crippen molar-refractivity contribution in [1.82, 2.24) is 0 Å². The highest BCUT2D eigenvalue weighted by molar-refractivity contribution is 4.68. The zero-order valence-electron chi connectivity index (χ0n) is 8.00. The number of aliphatic hydroxyl groups excluding tert-OH is 1. The summed E-state index contributed by atoms with van der Waals surface area (Å²) in [5.41, 5.74) is 0. The highest BCUT2D eigenvalue weighted by atomic mass is 16.5. The maximum Gasteiger partial charge on any atom is 0.0832 e. The fraction of sp³-hybridized carbons (Fsp3) is 1.00. The van der Waals surface area contributed by atoms with Crippen LogP contribution in [0.1, 0.15) is 33.6 Å². The molecule has 2 heteroatoms. The van der Waals surface area contributed by atoms with Crippen molar-refractivity contribution >= 4 is 0 Å². The summed E-state index contributed by atoms with van der Waals surface area (Å²) in [6.45, 7) is 6.24. The molecule has 0 aromatic rings. The predicted molar refractivity (Wildman–Crippen MR) is 46.5 cm³/mol. The summed E-state index contributed by atoms with van der Waals surface area (Å²) in [7, 11) is 1.66. The summed E-state index contributed by atoms with van der Waals surface area (Å²) in [6, 6.07) is 0. The molecule has 68 valence electrons. The zero-order valence-corrected chi connectivity index (χ0v) is 8.00. The lowest BCUT2D eigenvalue weighted by atomic mass is 10.0. The van der Waals surface area contributed by atoms with Gasteiger partial charge in [0, 0.05) is 7.11 Å². The number of ether oxygens (including phenoxy) is 1. The van der Waals surface area contributed by atoms with Gasteiger partial charge in [-0.1, -0.05) is 20.8 Å². The molecular formula is C9H20O2. The quantitative estimate of drug-likeness (QED) is 0.664. The Kier molecular flexibility index (Phi) is 5.51. The van der Waals surface area contributed by atoms with Crippen molar-refractivity contribution < 1.29 is 9.84 Å². The van der Waals surface area contributed by atoms with Gasteiger partial charge in [-0.2, -0.15) is 0 Å². The van der Waals surface area contributed by atoms with Crippen molar-refractivity contribution in [3.05, 3.63) is 0 Å². The standard InChI is InChI=1S/C9H20O2/c1-5-8(10)9(11-4)6-7(2)3/h7-10H,5-6H2,1-4H3. The van der Waals surface area contributed by atoms with Gasteiger partial charge in [0.15, 0.2) is 0 Å². The molecule has 0 saturated heterocycles. The van der Waals surface area contributed by atoms with Gasteiger partial charge in [-0.05, 0) is 18.8 Å². The minimum atomic E-state index is -0.303.